The fraction of sp³-hybridized carbons (Fsp3) is 0.250. The highest BCUT2D eigenvalue weighted by Crippen LogP contribution is 2.40. The van der Waals surface area contributed by atoms with Crippen LogP contribution in [0.15, 0.2) is 53.0 Å². The van der Waals surface area contributed by atoms with Crippen molar-refractivity contribution in [1.82, 2.24) is 0 Å². The number of halogens is 1. The van der Waals surface area contributed by atoms with E-state index in [1.807, 2.05) is 48.5 Å². The van der Waals surface area contributed by atoms with Crippen LogP contribution in [0.25, 0.3) is 0 Å². The number of rotatable bonds is 3. The van der Waals surface area contributed by atoms with Gasteiger partial charge in [-0.2, -0.15) is 0 Å². The second-order valence-corrected chi connectivity index (χ2v) is 5.79. The van der Waals surface area contributed by atoms with Crippen LogP contribution in [0.5, 0.6) is 5.75 Å². The Morgan fingerprint density at radius 2 is 1.90 bits per heavy atom. The molecule has 1 unspecified atom stereocenters. The number of fused-ring (bicyclic) bond motifs is 1. The average Bonchev–Trinajstić information content (AvgIpc) is 2.50. The molecule has 4 heteroatoms. The highest BCUT2D eigenvalue weighted by atomic mass is 79.9. The van der Waals surface area contributed by atoms with Crippen molar-refractivity contribution in [2.24, 2.45) is 0 Å². The maximum absolute atomic E-state index is 10.0. The first kappa shape index (κ1) is 13.5. The molecule has 0 saturated heterocycles. The number of benzene rings is 2. The van der Waals surface area contributed by atoms with Crippen molar-refractivity contribution in [2.75, 3.05) is 18.5 Å². The van der Waals surface area contributed by atoms with Crippen LogP contribution < -0.4 is 10.1 Å². The van der Waals surface area contributed by atoms with E-state index in [1.54, 1.807) is 0 Å². The van der Waals surface area contributed by atoms with Crippen LogP contribution >= 0.6 is 15.9 Å². The van der Waals surface area contributed by atoms with E-state index < -0.39 is 5.54 Å². The molecule has 2 aromatic carbocycles. The van der Waals surface area contributed by atoms with Gasteiger partial charge in [-0.3, -0.25) is 0 Å². The summed E-state index contributed by atoms with van der Waals surface area (Å²) in [7, 11) is 0. The minimum atomic E-state index is -0.501. The Hall–Kier alpha value is -1.52. The van der Waals surface area contributed by atoms with E-state index in [9.17, 15) is 5.11 Å². The quantitative estimate of drug-likeness (QED) is 0.902. The molecule has 1 heterocycles. The van der Waals surface area contributed by atoms with Gasteiger partial charge < -0.3 is 15.2 Å². The molecule has 2 aromatic rings. The van der Waals surface area contributed by atoms with Crippen molar-refractivity contribution in [3.8, 4) is 5.75 Å². The second-order valence-electron chi connectivity index (χ2n) is 4.94. The molecule has 2 N–H and O–H groups in total. The number of para-hydroxylation sites is 2. The first-order valence-corrected chi connectivity index (χ1v) is 7.40. The van der Waals surface area contributed by atoms with Crippen LogP contribution in [0.3, 0.4) is 0 Å². The Morgan fingerprint density at radius 1 is 1.15 bits per heavy atom. The van der Waals surface area contributed by atoms with E-state index in [4.69, 9.17) is 4.74 Å². The number of hydrogen-bond donors (Lipinski definition) is 2. The van der Waals surface area contributed by atoms with Crippen molar-refractivity contribution in [2.45, 2.75) is 12.0 Å². The Morgan fingerprint density at radius 3 is 2.70 bits per heavy atom. The second kappa shape index (κ2) is 5.46. The molecule has 3 nitrogen and oxygen atoms in total. The summed E-state index contributed by atoms with van der Waals surface area (Å²) in [5, 5.41) is 13.5. The lowest BCUT2D eigenvalue weighted by molar-refractivity contribution is 0.152. The molecular formula is C16H16BrNO2. The maximum atomic E-state index is 10.0. The molecule has 0 aromatic heterocycles. The van der Waals surface area contributed by atoms with Crippen LogP contribution in [-0.2, 0) is 5.54 Å². The molecule has 0 amide bonds. The summed E-state index contributed by atoms with van der Waals surface area (Å²) in [5.74, 6) is 0.840. The molecule has 104 valence electrons. The average molecular weight is 334 g/mol. The summed E-state index contributed by atoms with van der Waals surface area (Å²) >= 11 is 3.54. The number of hydrogen-bond acceptors (Lipinski definition) is 3. The molecule has 1 atom stereocenters. The summed E-state index contributed by atoms with van der Waals surface area (Å²) in [6.07, 6.45) is 0.724. The zero-order valence-electron chi connectivity index (χ0n) is 11.0. The zero-order chi connectivity index (χ0) is 14.0. The summed E-state index contributed by atoms with van der Waals surface area (Å²) in [5.41, 5.74) is 1.47. The van der Waals surface area contributed by atoms with Gasteiger partial charge in [-0.15, -0.1) is 0 Å². The minimum Gasteiger partial charge on any atom is -0.493 e. The minimum absolute atomic E-state index is 0.0225. The van der Waals surface area contributed by atoms with Crippen molar-refractivity contribution in [3.05, 3.63) is 58.6 Å². The van der Waals surface area contributed by atoms with E-state index in [0.717, 1.165) is 27.9 Å². The molecule has 0 aliphatic carbocycles. The van der Waals surface area contributed by atoms with E-state index in [0.29, 0.717) is 6.61 Å². The van der Waals surface area contributed by atoms with Gasteiger partial charge >= 0.3 is 0 Å². The van der Waals surface area contributed by atoms with Gasteiger partial charge in [-0.25, -0.2) is 0 Å². The third-order valence-electron chi connectivity index (χ3n) is 3.71. The molecule has 20 heavy (non-hydrogen) atoms. The van der Waals surface area contributed by atoms with Gasteiger partial charge in [0.2, 0.25) is 0 Å². The number of aliphatic hydroxyl groups excluding tert-OH is 1. The monoisotopic (exact) mass is 333 g/mol. The van der Waals surface area contributed by atoms with Crippen LogP contribution in [-0.4, -0.2) is 18.3 Å². The topological polar surface area (TPSA) is 41.5 Å². The third kappa shape index (κ3) is 2.30. The van der Waals surface area contributed by atoms with Crippen molar-refractivity contribution < 1.29 is 9.84 Å². The Bertz CT molecular complexity index is 617. The van der Waals surface area contributed by atoms with Crippen molar-refractivity contribution in [3.63, 3.8) is 0 Å². The summed E-state index contributed by atoms with van der Waals surface area (Å²) in [4.78, 5) is 0. The zero-order valence-corrected chi connectivity index (χ0v) is 12.6. The van der Waals surface area contributed by atoms with E-state index >= 15 is 0 Å². The SMILES string of the molecule is OCC1(Nc2ccccc2Br)CCOc2ccccc21. The van der Waals surface area contributed by atoms with Crippen molar-refractivity contribution in [1.29, 1.82) is 0 Å². The largest absolute Gasteiger partial charge is 0.493 e. The molecule has 1 aliphatic heterocycles. The number of aliphatic hydroxyl groups is 1. The van der Waals surface area contributed by atoms with Crippen molar-refractivity contribution >= 4 is 21.6 Å². The third-order valence-corrected chi connectivity index (χ3v) is 4.40. The standard InChI is InChI=1S/C16H16BrNO2/c17-13-6-2-3-7-14(13)18-16(11-19)9-10-20-15-8-4-1-5-12(15)16/h1-8,18-19H,9-11H2. The highest BCUT2D eigenvalue weighted by Gasteiger charge is 2.37. The smallest absolute Gasteiger partial charge is 0.124 e. The molecule has 0 spiro atoms. The normalized spacial score (nSPS) is 20.9. The summed E-state index contributed by atoms with van der Waals surface area (Å²) < 4.78 is 6.67. The van der Waals surface area contributed by atoms with Gasteiger partial charge in [0.25, 0.3) is 0 Å². The predicted octanol–water partition coefficient (Wildman–Crippen LogP) is 3.53. The fourth-order valence-corrected chi connectivity index (χ4v) is 3.00. The molecule has 1 aliphatic rings. The first-order valence-electron chi connectivity index (χ1n) is 6.61. The predicted molar refractivity (Wildman–Crippen MR) is 83.1 cm³/mol. The van der Waals surface area contributed by atoms with Gasteiger partial charge in [-0.1, -0.05) is 30.3 Å². The Kier molecular flexibility index (Phi) is 3.68. The lowest BCUT2D eigenvalue weighted by Crippen LogP contribution is -2.43. The number of nitrogens with one attached hydrogen (secondary N) is 1. The highest BCUT2D eigenvalue weighted by molar-refractivity contribution is 9.10. The van der Waals surface area contributed by atoms with Crippen LogP contribution in [0.4, 0.5) is 5.69 Å². The van der Waals surface area contributed by atoms with E-state index in [-0.39, 0.29) is 6.61 Å². The van der Waals surface area contributed by atoms with Gasteiger partial charge in [0.1, 0.15) is 5.75 Å². The van der Waals surface area contributed by atoms with Crippen LogP contribution in [0.2, 0.25) is 0 Å². The van der Waals surface area contributed by atoms with Crippen LogP contribution in [0, 0.1) is 0 Å². The van der Waals surface area contributed by atoms with E-state index in [1.165, 1.54) is 0 Å². The van der Waals surface area contributed by atoms with Crippen LogP contribution in [0.1, 0.15) is 12.0 Å². The number of ether oxygens (including phenoxy) is 1. The lowest BCUT2D eigenvalue weighted by atomic mass is 9.85. The molecule has 3 rings (SSSR count). The fourth-order valence-electron chi connectivity index (χ4n) is 2.61. The molecule has 0 radical (unpaired) electrons. The first-order chi connectivity index (χ1) is 9.75. The number of anilines is 1. The van der Waals surface area contributed by atoms with Gasteiger partial charge in [0.15, 0.2) is 0 Å². The van der Waals surface area contributed by atoms with Gasteiger partial charge in [0, 0.05) is 22.1 Å². The molecule has 0 fully saturated rings. The van der Waals surface area contributed by atoms with Gasteiger partial charge in [-0.05, 0) is 34.1 Å². The molecule has 0 saturated carbocycles. The Balaban J connectivity index is 2.03. The maximum Gasteiger partial charge on any atom is 0.124 e. The summed E-state index contributed by atoms with van der Waals surface area (Å²) in [6.45, 7) is 0.615. The molecular weight excluding hydrogens is 318 g/mol. The van der Waals surface area contributed by atoms with Gasteiger partial charge in [0.05, 0.1) is 18.8 Å². The Labute approximate surface area is 126 Å². The molecule has 0 bridgehead atoms. The van der Waals surface area contributed by atoms with E-state index in [2.05, 4.69) is 21.2 Å². The lowest BCUT2D eigenvalue weighted by Gasteiger charge is -2.39. The summed E-state index contributed by atoms with van der Waals surface area (Å²) in [6, 6.07) is 15.8.